The lowest BCUT2D eigenvalue weighted by atomic mass is 10.2. The minimum Gasteiger partial charge on any atom is -0.353 e. The van der Waals surface area contributed by atoms with Gasteiger partial charge in [-0.2, -0.15) is 0 Å². The summed E-state index contributed by atoms with van der Waals surface area (Å²) in [5.41, 5.74) is 2.91. The van der Waals surface area contributed by atoms with E-state index in [0.717, 1.165) is 49.4 Å². The van der Waals surface area contributed by atoms with Gasteiger partial charge in [0.1, 0.15) is 17.9 Å². The molecule has 158 valence electrons. The number of aryl methyl sites for hydroxylation is 2. The highest BCUT2D eigenvalue weighted by molar-refractivity contribution is 5.94. The van der Waals surface area contributed by atoms with Crippen molar-refractivity contribution in [2.24, 2.45) is 0 Å². The Bertz CT molecular complexity index is 922. The van der Waals surface area contributed by atoms with Crippen LogP contribution in [0.4, 0.5) is 11.6 Å². The summed E-state index contributed by atoms with van der Waals surface area (Å²) >= 11 is 0. The number of carbonyl (C=O) groups excluding carboxylic acids is 2. The fourth-order valence-electron chi connectivity index (χ4n) is 4.55. The molecule has 1 unspecified atom stereocenters. The average molecular weight is 408 g/mol. The molecule has 1 amide bonds. The number of anilines is 2. The molecule has 0 spiro atoms. The molecule has 2 aliphatic rings. The zero-order valence-corrected chi connectivity index (χ0v) is 17.9. The molecular formula is C23H29N5O2. The average Bonchev–Trinajstić information content (AvgIpc) is 3.14. The van der Waals surface area contributed by atoms with Crippen LogP contribution in [0.1, 0.15) is 41.3 Å². The maximum absolute atomic E-state index is 13.0. The Kier molecular flexibility index (Phi) is 5.70. The van der Waals surface area contributed by atoms with Gasteiger partial charge < -0.3 is 19.5 Å². The predicted octanol–water partition coefficient (Wildman–Crippen LogP) is 2.61. The SMILES string of the molecule is Cc1cnc(N2CCN(C(=O)c3ccc(N4C(C=O)CC[C@@H]4C)nc3)CC2)c(C)c1. The second-order valence-electron chi connectivity index (χ2n) is 8.37. The van der Waals surface area contributed by atoms with Gasteiger partial charge in [-0.1, -0.05) is 6.07 Å². The molecule has 7 nitrogen and oxygen atoms in total. The molecule has 0 saturated carbocycles. The summed E-state index contributed by atoms with van der Waals surface area (Å²) in [4.78, 5) is 39.6. The van der Waals surface area contributed by atoms with Crippen LogP contribution in [0.5, 0.6) is 0 Å². The largest absolute Gasteiger partial charge is 0.353 e. The Hall–Kier alpha value is -2.96. The Balaban J connectivity index is 1.40. The number of carbonyl (C=O) groups is 2. The summed E-state index contributed by atoms with van der Waals surface area (Å²) in [6.07, 6.45) is 6.36. The number of nitrogens with zero attached hydrogens (tertiary/aromatic N) is 5. The summed E-state index contributed by atoms with van der Waals surface area (Å²) in [6.45, 7) is 9.08. The number of hydrogen-bond donors (Lipinski definition) is 0. The lowest BCUT2D eigenvalue weighted by molar-refractivity contribution is -0.108. The van der Waals surface area contributed by atoms with Crippen molar-refractivity contribution in [2.45, 2.75) is 45.7 Å². The van der Waals surface area contributed by atoms with Gasteiger partial charge in [0.15, 0.2) is 0 Å². The van der Waals surface area contributed by atoms with E-state index in [1.54, 1.807) is 6.20 Å². The van der Waals surface area contributed by atoms with Crippen LogP contribution in [-0.2, 0) is 4.79 Å². The third-order valence-electron chi connectivity index (χ3n) is 6.18. The van der Waals surface area contributed by atoms with Gasteiger partial charge in [0.2, 0.25) is 0 Å². The van der Waals surface area contributed by atoms with Crippen LogP contribution in [0.3, 0.4) is 0 Å². The summed E-state index contributed by atoms with van der Waals surface area (Å²) in [5.74, 6) is 1.77. The van der Waals surface area contributed by atoms with Crippen molar-refractivity contribution in [3.63, 3.8) is 0 Å². The second kappa shape index (κ2) is 8.42. The van der Waals surface area contributed by atoms with E-state index < -0.39 is 0 Å². The molecule has 0 aromatic carbocycles. The summed E-state index contributed by atoms with van der Waals surface area (Å²) in [7, 11) is 0. The van der Waals surface area contributed by atoms with Crippen molar-refractivity contribution in [3.05, 3.63) is 47.3 Å². The van der Waals surface area contributed by atoms with Crippen LogP contribution in [0.15, 0.2) is 30.6 Å². The topological polar surface area (TPSA) is 69.6 Å². The van der Waals surface area contributed by atoms with Gasteiger partial charge in [0.25, 0.3) is 5.91 Å². The molecule has 30 heavy (non-hydrogen) atoms. The standard InChI is InChI=1S/C23H29N5O2/c1-16-12-17(2)22(25-13-16)26-8-10-27(11-9-26)23(30)19-5-7-21(24-14-19)28-18(3)4-6-20(28)15-29/h5,7,12-15,18,20H,4,6,8-11H2,1-3H3/t18-,20?/m0/s1. The van der Waals surface area contributed by atoms with E-state index in [2.05, 4.69) is 39.7 Å². The fourth-order valence-corrected chi connectivity index (χ4v) is 4.55. The molecule has 0 aliphatic carbocycles. The number of aldehydes is 1. The van der Waals surface area contributed by atoms with Crippen molar-refractivity contribution in [1.82, 2.24) is 14.9 Å². The first-order valence-electron chi connectivity index (χ1n) is 10.6. The molecule has 4 heterocycles. The molecule has 4 rings (SSSR count). The smallest absolute Gasteiger partial charge is 0.255 e. The van der Waals surface area contributed by atoms with Crippen LogP contribution in [-0.4, -0.2) is 65.3 Å². The highest BCUT2D eigenvalue weighted by Crippen LogP contribution is 2.28. The lowest BCUT2D eigenvalue weighted by Crippen LogP contribution is -2.49. The molecule has 0 N–H and O–H groups in total. The van der Waals surface area contributed by atoms with Crippen LogP contribution < -0.4 is 9.80 Å². The molecule has 2 saturated heterocycles. The normalized spacial score (nSPS) is 21.8. The summed E-state index contributed by atoms with van der Waals surface area (Å²) < 4.78 is 0. The number of piperazine rings is 1. The third kappa shape index (κ3) is 3.88. The number of pyridine rings is 2. The van der Waals surface area contributed by atoms with Crippen molar-refractivity contribution in [3.8, 4) is 0 Å². The van der Waals surface area contributed by atoms with Crippen molar-refractivity contribution in [1.29, 1.82) is 0 Å². The molecule has 7 heteroatoms. The van der Waals surface area contributed by atoms with Gasteiger partial charge in [-0.05, 0) is 56.9 Å². The molecule has 0 bridgehead atoms. The van der Waals surface area contributed by atoms with Gasteiger partial charge in [-0.25, -0.2) is 9.97 Å². The van der Waals surface area contributed by atoms with E-state index in [-0.39, 0.29) is 18.0 Å². The van der Waals surface area contributed by atoms with E-state index in [0.29, 0.717) is 18.7 Å². The van der Waals surface area contributed by atoms with E-state index >= 15 is 0 Å². The van der Waals surface area contributed by atoms with Crippen LogP contribution in [0.25, 0.3) is 0 Å². The molecule has 0 radical (unpaired) electrons. The van der Waals surface area contributed by atoms with E-state index in [9.17, 15) is 9.59 Å². The molecule has 2 fully saturated rings. The highest BCUT2D eigenvalue weighted by atomic mass is 16.2. The van der Waals surface area contributed by atoms with Crippen molar-refractivity contribution < 1.29 is 9.59 Å². The van der Waals surface area contributed by atoms with Crippen molar-refractivity contribution >= 4 is 23.8 Å². The van der Waals surface area contributed by atoms with E-state index in [1.165, 1.54) is 5.56 Å². The minimum absolute atomic E-state index is 0.00342. The first kappa shape index (κ1) is 20.3. The number of aromatic nitrogens is 2. The molecule has 2 aliphatic heterocycles. The van der Waals surface area contributed by atoms with Crippen LogP contribution >= 0.6 is 0 Å². The summed E-state index contributed by atoms with van der Waals surface area (Å²) in [5, 5.41) is 0. The third-order valence-corrected chi connectivity index (χ3v) is 6.18. The summed E-state index contributed by atoms with van der Waals surface area (Å²) in [6, 6.07) is 5.99. The molecule has 2 atom stereocenters. The number of rotatable bonds is 4. The van der Waals surface area contributed by atoms with Gasteiger partial charge >= 0.3 is 0 Å². The van der Waals surface area contributed by atoms with Crippen LogP contribution in [0, 0.1) is 13.8 Å². The van der Waals surface area contributed by atoms with Gasteiger partial charge in [0, 0.05) is 44.6 Å². The maximum Gasteiger partial charge on any atom is 0.255 e. The maximum atomic E-state index is 13.0. The minimum atomic E-state index is -0.124. The Morgan fingerprint density at radius 3 is 2.47 bits per heavy atom. The quantitative estimate of drug-likeness (QED) is 0.726. The van der Waals surface area contributed by atoms with Gasteiger partial charge in [-0.15, -0.1) is 0 Å². The van der Waals surface area contributed by atoms with E-state index in [1.807, 2.05) is 30.2 Å². The second-order valence-corrected chi connectivity index (χ2v) is 8.37. The number of hydrogen-bond acceptors (Lipinski definition) is 6. The zero-order chi connectivity index (χ0) is 21.3. The van der Waals surface area contributed by atoms with E-state index in [4.69, 9.17) is 0 Å². The number of amides is 1. The Morgan fingerprint density at radius 2 is 1.83 bits per heavy atom. The molecular weight excluding hydrogens is 378 g/mol. The van der Waals surface area contributed by atoms with Gasteiger partial charge in [-0.3, -0.25) is 4.79 Å². The first-order chi connectivity index (χ1) is 14.5. The Labute approximate surface area is 177 Å². The fraction of sp³-hybridized carbons (Fsp3) is 0.478. The van der Waals surface area contributed by atoms with Gasteiger partial charge in [0.05, 0.1) is 11.6 Å². The van der Waals surface area contributed by atoms with Crippen LogP contribution in [0.2, 0.25) is 0 Å². The molecule has 2 aromatic heterocycles. The predicted molar refractivity (Wildman–Crippen MR) is 117 cm³/mol. The zero-order valence-electron chi connectivity index (χ0n) is 17.9. The molecule has 2 aromatic rings. The first-order valence-corrected chi connectivity index (χ1v) is 10.6. The van der Waals surface area contributed by atoms with Crippen molar-refractivity contribution in [2.75, 3.05) is 36.0 Å². The Morgan fingerprint density at radius 1 is 1.07 bits per heavy atom. The lowest BCUT2D eigenvalue weighted by Gasteiger charge is -2.36. The monoisotopic (exact) mass is 407 g/mol. The highest BCUT2D eigenvalue weighted by Gasteiger charge is 2.31.